The van der Waals surface area contributed by atoms with E-state index in [0.717, 1.165) is 27.7 Å². The molecule has 2 N–H and O–H groups in total. The fourth-order valence-corrected chi connectivity index (χ4v) is 3.08. The summed E-state index contributed by atoms with van der Waals surface area (Å²) in [6.07, 6.45) is 7.85. The monoisotopic (exact) mass is 295 g/mol. The summed E-state index contributed by atoms with van der Waals surface area (Å²) < 4.78 is 4.14. The number of nitrogens with two attached hydrogens (primary N) is 1. The third-order valence-corrected chi connectivity index (χ3v) is 4.13. The molecule has 0 aliphatic rings. The van der Waals surface area contributed by atoms with Crippen molar-refractivity contribution in [3.05, 3.63) is 60.1 Å². The molecule has 3 heterocycles. The first-order chi connectivity index (χ1) is 10.3. The molecule has 4 rings (SSSR count). The van der Waals surface area contributed by atoms with E-state index in [-0.39, 0.29) is 0 Å². The van der Waals surface area contributed by atoms with Crippen LogP contribution in [0.5, 0.6) is 0 Å². The van der Waals surface area contributed by atoms with Gasteiger partial charge in [0.05, 0.1) is 12.2 Å². The van der Waals surface area contributed by atoms with Crippen molar-refractivity contribution in [1.82, 2.24) is 18.9 Å². The molecule has 1 aromatic carbocycles. The molecule has 0 spiro atoms. The van der Waals surface area contributed by atoms with Gasteiger partial charge in [-0.15, -0.1) is 11.3 Å². The lowest BCUT2D eigenvalue weighted by atomic mass is 10.2. The van der Waals surface area contributed by atoms with Crippen molar-refractivity contribution in [2.45, 2.75) is 6.54 Å². The summed E-state index contributed by atoms with van der Waals surface area (Å²) in [7, 11) is 0. The summed E-state index contributed by atoms with van der Waals surface area (Å²) in [6, 6.07) is 7.75. The molecule has 0 aliphatic carbocycles. The molecule has 0 saturated carbocycles. The lowest BCUT2D eigenvalue weighted by Gasteiger charge is -2.06. The van der Waals surface area contributed by atoms with Gasteiger partial charge in [-0.05, 0) is 24.3 Å². The Hall–Kier alpha value is -2.60. The molecule has 21 heavy (non-hydrogen) atoms. The minimum Gasteiger partial charge on any atom is -0.399 e. The van der Waals surface area contributed by atoms with Crippen molar-refractivity contribution in [1.29, 1.82) is 0 Å². The topological polar surface area (TPSA) is 61.1 Å². The predicted molar refractivity (Wildman–Crippen MR) is 84.2 cm³/mol. The van der Waals surface area contributed by atoms with Crippen LogP contribution in [0.3, 0.4) is 0 Å². The molecule has 0 aliphatic heterocycles. The maximum Gasteiger partial charge on any atom is 0.193 e. The molecule has 3 aromatic heterocycles. The average molecular weight is 295 g/mol. The number of thiazole rings is 1. The summed E-state index contributed by atoms with van der Waals surface area (Å²) in [5.74, 6) is 0.923. The normalized spacial score (nSPS) is 11.2. The standard InChI is InChI=1S/C15H13N5S/c16-12-3-1-11(2-4-12)14-17-5-6-19(14)9-13-10-20-7-8-21-15(20)18-13/h1-8,10H,9,16H2. The van der Waals surface area contributed by atoms with Gasteiger partial charge >= 0.3 is 0 Å². The van der Waals surface area contributed by atoms with Crippen LogP contribution >= 0.6 is 11.3 Å². The molecular formula is C15H13N5S. The number of nitrogens with zero attached hydrogens (tertiary/aromatic N) is 4. The first kappa shape index (κ1) is 12.2. The average Bonchev–Trinajstić information content (AvgIpc) is 3.16. The van der Waals surface area contributed by atoms with Crippen molar-refractivity contribution in [3.8, 4) is 11.4 Å². The quantitative estimate of drug-likeness (QED) is 0.591. The van der Waals surface area contributed by atoms with Crippen LogP contribution in [0.2, 0.25) is 0 Å². The van der Waals surface area contributed by atoms with Gasteiger partial charge in [0.25, 0.3) is 0 Å². The molecular weight excluding hydrogens is 282 g/mol. The molecule has 5 nitrogen and oxygen atoms in total. The number of nitrogen functional groups attached to an aromatic ring is 1. The van der Waals surface area contributed by atoms with Gasteiger partial charge in [0, 0.05) is 41.4 Å². The zero-order valence-electron chi connectivity index (χ0n) is 11.2. The number of imidazole rings is 2. The van der Waals surface area contributed by atoms with Gasteiger partial charge in [-0.25, -0.2) is 9.97 Å². The number of fused-ring (bicyclic) bond motifs is 1. The SMILES string of the molecule is Nc1ccc(-c2nccn2Cc2cn3ccsc3n2)cc1. The maximum absolute atomic E-state index is 5.73. The van der Waals surface area contributed by atoms with Crippen LogP contribution in [-0.4, -0.2) is 18.9 Å². The fraction of sp³-hybridized carbons (Fsp3) is 0.0667. The highest BCUT2D eigenvalue weighted by atomic mass is 32.1. The molecule has 6 heteroatoms. The Labute approximate surface area is 125 Å². The minimum atomic E-state index is 0.702. The Bertz CT molecular complexity index is 856. The second-order valence-electron chi connectivity index (χ2n) is 4.83. The zero-order valence-corrected chi connectivity index (χ0v) is 12.0. The zero-order chi connectivity index (χ0) is 14.2. The van der Waals surface area contributed by atoms with Gasteiger partial charge < -0.3 is 10.3 Å². The van der Waals surface area contributed by atoms with Gasteiger partial charge in [-0.1, -0.05) is 0 Å². The number of hydrogen-bond acceptors (Lipinski definition) is 4. The molecule has 0 bridgehead atoms. The van der Waals surface area contributed by atoms with E-state index in [9.17, 15) is 0 Å². The Morgan fingerprint density at radius 3 is 2.81 bits per heavy atom. The Morgan fingerprint density at radius 2 is 2.00 bits per heavy atom. The third-order valence-electron chi connectivity index (χ3n) is 3.36. The van der Waals surface area contributed by atoms with E-state index >= 15 is 0 Å². The fourth-order valence-electron chi connectivity index (χ4n) is 2.36. The van der Waals surface area contributed by atoms with Crippen LogP contribution in [0.25, 0.3) is 16.3 Å². The second kappa shape index (κ2) is 4.75. The lowest BCUT2D eigenvalue weighted by molar-refractivity contribution is 0.788. The predicted octanol–water partition coefficient (Wildman–Crippen LogP) is 2.89. The van der Waals surface area contributed by atoms with E-state index in [0.29, 0.717) is 6.54 Å². The minimum absolute atomic E-state index is 0.702. The summed E-state index contributed by atoms with van der Waals surface area (Å²) in [5.41, 5.74) is 8.57. The molecule has 0 saturated heterocycles. The van der Waals surface area contributed by atoms with E-state index in [1.165, 1.54) is 0 Å². The van der Waals surface area contributed by atoms with Crippen molar-refractivity contribution < 1.29 is 0 Å². The molecule has 4 aromatic rings. The highest BCUT2D eigenvalue weighted by Gasteiger charge is 2.09. The summed E-state index contributed by atoms with van der Waals surface area (Å²) in [6.45, 7) is 0.702. The van der Waals surface area contributed by atoms with Crippen molar-refractivity contribution in [2.24, 2.45) is 0 Å². The number of rotatable bonds is 3. The second-order valence-corrected chi connectivity index (χ2v) is 5.70. The van der Waals surface area contributed by atoms with Crippen LogP contribution in [0.15, 0.2) is 54.4 Å². The van der Waals surface area contributed by atoms with E-state index in [4.69, 9.17) is 5.73 Å². The number of aromatic nitrogens is 4. The summed E-state index contributed by atoms with van der Waals surface area (Å²) in [4.78, 5) is 10.1. The van der Waals surface area contributed by atoms with Crippen LogP contribution in [-0.2, 0) is 6.54 Å². The van der Waals surface area contributed by atoms with E-state index in [1.54, 1.807) is 11.3 Å². The third kappa shape index (κ3) is 2.19. The first-order valence-electron chi connectivity index (χ1n) is 6.58. The maximum atomic E-state index is 5.73. The van der Waals surface area contributed by atoms with Crippen LogP contribution in [0.1, 0.15) is 5.69 Å². The van der Waals surface area contributed by atoms with Crippen molar-refractivity contribution in [3.63, 3.8) is 0 Å². The highest BCUT2D eigenvalue weighted by molar-refractivity contribution is 7.15. The molecule has 0 unspecified atom stereocenters. The molecule has 0 atom stereocenters. The Balaban J connectivity index is 1.68. The van der Waals surface area contributed by atoms with E-state index in [2.05, 4.69) is 20.7 Å². The van der Waals surface area contributed by atoms with E-state index < -0.39 is 0 Å². The number of benzene rings is 1. The number of hydrogen-bond donors (Lipinski definition) is 1. The van der Waals surface area contributed by atoms with Gasteiger partial charge in [0.1, 0.15) is 5.82 Å². The Morgan fingerprint density at radius 1 is 1.14 bits per heavy atom. The van der Waals surface area contributed by atoms with Crippen LogP contribution in [0, 0.1) is 0 Å². The van der Waals surface area contributed by atoms with Crippen LogP contribution in [0.4, 0.5) is 5.69 Å². The number of anilines is 1. The van der Waals surface area contributed by atoms with Gasteiger partial charge in [0.15, 0.2) is 4.96 Å². The highest BCUT2D eigenvalue weighted by Crippen LogP contribution is 2.20. The molecule has 0 amide bonds. The molecule has 104 valence electrons. The summed E-state index contributed by atoms with van der Waals surface area (Å²) in [5, 5.41) is 2.03. The summed E-state index contributed by atoms with van der Waals surface area (Å²) >= 11 is 1.64. The van der Waals surface area contributed by atoms with E-state index in [1.807, 2.05) is 52.6 Å². The van der Waals surface area contributed by atoms with Gasteiger partial charge in [0.2, 0.25) is 0 Å². The van der Waals surface area contributed by atoms with Crippen LogP contribution < -0.4 is 5.73 Å². The lowest BCUT2D eigenvalue weighted by Crippen LogP contribution is -2.01. The molecule has 0 radical (unpaired) electrons. The first-order valence-corrected chi connectivity index (χ1v) is 7.46. The molecule has 0 fully saturated rings. The van der Waals surface area contributed by atoms with Crippen molar-refractivity contribution in [2.75, 3.05) is 5.73 Å². The van der Waals surface area contributed by atoms with Crippen molar-refractivity contribution >= 4 is 22.0 Å². The smallest absolute Gasteiger partial charge is 0.193 e. The van der Waals surface area contributed by atoms with Gasteiger partial charge in [-0.3, -0.25) is 4.40 Å². The Kier molecular flexibility index (Phi) is 2.75. The van der Waals surface area contributed by atoms with Gasteiger partial charge in [-0.2, -0.15) is 0 Å². The largest absolute Gasteiger partial charge is 0.399 e.